The molecule has 1 saturated heterocycles. The van der Waals surface area contributed by atoms with Crippen LogP contribution in [0.5, 0.6) is 0 Å². The van der Waals surface area contributed by atoms with Crippen molar-refractivity contribution in [1.29, 1.82) is 0 Å². The second-order valence-corrected chi connectivity index (χ2v) is 10.8. The van der Waals surface area contributed by atoms with Crippen LogP contribution in [0.1, 0.15) is 16.7 Å². The van der Waals surface area contributed by atoms with E-state index in [2.05, 4.69) is 55.9 Å². The zero-order chi connectivity index (χ0) is 30.7. The van der Waals surface area contributed by atoms with Crippen molar-refractivity contribution in [2.75, 3.05) is 36.4 Å². The van der Waals surface area contributed by atoms with Crippen LogP contribution in [-0.4, -0.2) is 46.9 Å². The van der Waals surface area contributed by atoms with Gasteiger partial charge in [-0.15, -0.1) is 0 Å². The number of hydrogen-bond acceptors (Lipinski definition) is 5. The maximum absolute atomic E-state index is 13.1. The molecule has 44 heavy (non-hydrogen) atoms. The fraction of sp³-hybridized carbons (Fsp3) is 0.206. The first kappa shape index (κ1) is 29.1. The topological polar surface area (TPSA) is 75.1 Å². The molecule has 1 aliphatic heterocycles. The quantitative estimate of drug-likeness (QED) is 0.224. The van der Waals surface area contributed by atoms with Gasteiger partial charge in [0.25, 0.3) is 0 Å². The summed E-state index contributed by atoms with van der Waals surface area (Å²) >= 11 is 0. The molecule has 0 spiro atoms. The predicted octanol–water partition coefficient (Wildman–Crippen LogP) is 6.52. The molecule has 0 bridgehead atoms. The average molecular weight is 597 g/mol. The number of aromatic nitrogens is 3. The SMILES string of the molecule is Cc1ccc(NC(=O)Cc2cccc(C(F)(F)F)c2)cc1-n1cc(-c2cncc(-c3ccc(N4CCNCC4)cc3)c2)cn1. The summed E-state index contributed by atoms with van der Waals surface area (Å²) in [7, 11) is 0. The zero-order valence-electron chi connectivity index (χ0n) is 24.1. The van der Waals surface area contributed by atoms with E-state index in [4.69, 9.17) is 0 Å². The molecular weight excluding hydrogens is 565 g/mol. The van der Waals surface area contributed by atoms with Crippen molar-refractivity contribution in [1.82, 2.24) is 20.1 Å². The van der Waals surface area contributed by atoms with Crippen LogP contribution < -0.4 is 15.5 Å². The van der Waals surface area contributed by atoms with E-state index in [1.165, 1.54) is 17.8 Å². The molecular formula is C34H31F3N6O. The minimum Gasteiger partial charge on any atom is -0.369 e. The Bertz CT molecular complexity index is 1770. The molecule has 0 aliphatic carbocycles. The highest BCUT2D eigenvalue weighted by molar-refractivity contribution is 5.92. The summed E-state index contributed by atoms with van der Waals surface area (Å²) in [5.74, 6) is -0.413. The van der Waals surface area contributed by atoms with Gasteiger partial charge in [0, 0.05) is 72.8 Å². The molecule has 1 amide bonds. The number of piperazine rings is 1. The summed E-state index contributed by atoms with van der Waals surface area (Å²) in [6.07, 6.45) is 2.69. The number of anilines is 2. The fourth-order valence-electron chi connectivity index (χ4n) is 5.33. The summed E-state index contributed by atoms with van der Waals surface area (Å²) in [6.45, 7) is 5.91. The van der Waals surface area contributed by atoms with Crippen LogP contribution in [0.3, 0.4) is 0 Å². The number of hydrogen-bond donors (Lipinski definition) is 2. The number of nitrogens with zero attached hydrogens (tertiary/aromatic N) is 4. The Labute approximate surface area is 253 Å². The van der Waals surface area contributed by atoms with Crippen LogP contribution in [0.2, 0.25) is 0 Å². The fourth-order valence-corrected chi connectivity index (χ4v) is 5.33. The van der Waals surface area contributed by atoms with E-state index in [9.17, 15) is 18.0 Å². The molecule has 1 fully saturated rings. The van der Waals surface area contributed by atoms with Crippen molar-refractivity contribution >= 4 is 17.3 Å². The third-order valence-electron chi connectivity index (χ3n) is 7.70. The van der Waals surface area contributed by atoms with Crippen molar-refractivity contribution in [2.45, 2.75) is 19.5 Å². The van der Waals surface area contributed by atoms with Gasteiger partial charge in [0.15, 0.2) is 0 Å². The molecule has 2 N–H and O–H groups in total. The largest absolute Gasteiger partial charge is 0.416 e. The molecule has 224 valence electrons. The molecule has 3 heterocycles. The summed E-state index contributed by atoms with van der Waals surface area (Å²) < 4.78 is 40.9. The van der Waals surface area contributed by atoms with Gasteiger partial charge in [-0.25, -0.2) is 4.68 Å². The Hall–Kier alpha value is -4.96. The highest BCUT2D eigenvalue weighted by atomic mass is 19.4. The van der Waals surface area contributed by atoms with Crippen molar-refractivity contribution in [3.05, 3.63) is 114 Å². The summed E-state index contributed by atoms with van der Waals surface area (Å²) in [6, 6.07) is 20.9. The van der Waals surface area contributed by atoms with E-state index in [1.54, 1.807) is 29.2 Å². The van der Waals surface area contributed by atoms with E-state index in [0.29, 0.717) is 5.69 Å². The average Bonchev–Trinajstić information content (AvgIpc) is 3.53. The number of amides is 1. The highest BCUT2D eigenvalue weighted by Crippen LogP contribution is 2.30. The first-order chi connectivity index (χ1) is 21.2. The van der Waals surface area contributed by atoms with Gasteiger partial charge >= 0.3 is 6.18 Å². The van der Waals surface area contributed by atoms with Crippen LogP contribution >= 0.6 is 0 Å². The second kappa shape index (κ2) is 12.3. The lowest BCUT2D eigenvalue weighted by Crippen LogP contribution is -2.43. The molecule has 0 saturated carbocycles. The lowest BCUT2D eigenvalue weighted by Gasteiger charge is -2.29. The van der Waals surface area contributed by atoms with E-state index < -0.39 is 17.6 Å². The molecule has 3 aromatic carbocycles. The standard InChI is InChI=1S/C34H31F3N6O/c1-23-5-8-30(41-33(44)16-24-3-2-4-29(15-24)34(35,36)37)18-32(23)43-22-28(21-40-43)27-17-26(19-39-20-27)25-6-9-31(10-7-25)42-13-11-38-12-14-42/h2-10,15,17-22,38H,11-14,16H2,1H3,(H,41,44). The number of aryl methyl sites for hydroxylation is 1. The van der Waals surface area contributed by atoms with Gasteiger partial charge in [-0.3, -0.25) is 9.78 Å². The number of halogens is 3. The molecule has 6 rings (SSSR count). The van der Waals surface area contributed by atoms with Crippen molar-refractivity contribution < 1.29 is 18.0 Å². The molecule has 7 nitrogen and oxygen atoms in total. The van der Waals surface area contributed by atoms with Gasteiger partial charge in [0.2, 0.25) is 5.91 Å². The smallest absolute Gasteiger partial charge is 0.369 e. The van der Waals surface area contributed by atoms with E-state index in [0.717, 1.165) is 71.8 Å². The lowest BCUT2D eigenvalue weighted by molar-refractivity contribution is -0.137. The number of alkyl halides is 3. The van der Waals surface area contributed by atoms with Crippen LogP contribution in [0.4, 0.5) is 24.5 Å². The van der Waals surface area contributed by atoms with Crippen molar-refractivity contribution in [3.63, 3.8) is 0 Å². The number of rotatable bonds is 7. The number of carbonyl (C=O) groups is 1. The minimum atomic E-state index is -4.46. The molecule has 2 aromatic heterocycles. The van der Waals surface area contributed by atoms with Crippen LogP contribution in [0.25, 0.3) is 27.9 Å². The van der Waals surface area contributed by atoms with Gasteiger partial charge in [-0.05, 0) is 60.0 Å². The zero-order valence-corrected chi connectivity index (χ0v) is 24.1. The highest BCUT2D eigenvalue weighted by Gasteiger charge is 2.30. The maximum Gasteiger partial charge on any atom is 0.416 e. The Kier molecular flexibility index (Phi) is 8.17. The third kappa shape index (κ3) is 6.65. The molecule has 0 radical (unpaired) electrons. The van der Waals surface area contributed by atoms with E-state index in [1.807, 2.05) is 25.4 Å². The number of benzene rings is 3. The van der Waals surface area contributed by atoms with Crippen LogP contribution in [0, 0.1) is 6.92 Å². The van der Waals surface area contributed by atoms with E-state index >= 15 is 0 Å². The number of pyridine rings is 1. The molecule has 5 aromatic rings. The van der Waals surface area contributed by atoms with Crippen LogP contribution in [0.15, 0.2) is 97.6 Å². The summed E-state index contributed by atoms with van der Waals surface area (Å²) in [5.41, 5.74) is 6.83. The Morgan fingerprint density at radius 2 is 1.64 bits per heavy atom. The lowest BCUT2D eigenvalue weighted by atomic mass is 10.0. The first-order valence-corrected chi connectivity index (χ1v) is 14.4. The Morgan fingerprint density at radius 1 is 0.886 bits per heavy atom. The monoisotopic (exact) mass is 596 g/mol. The van der Waals surface area contributed by atoms with Gasteiger partial charge in [0.05, 0.1) is 23.9 Å². The van der Waals surface area contributed by atoms with Gasteiger partial charge in [0.1, 0.15) is 0 Å². The van der Waals surface area contributed by atoms with Crippen molar-refractivity contribution in [2.24, 2.45) is 0 Å². The Balaban J connectivity index is 1.17. The maximum atomic E-state index is 13.1. The summed E-state index contributed by atoms with van der Waals surface area (Å²) in [5, 5.41) is 10.7. The number of carbonyl (C=O) groups excluding carboxylic acids is 1. The van der Waals surface area contributed by atoms with E-state index in [-0.39, 0.29) is 12.0 Å². The van der Waals surface area contributed by atoms with Crippen molar-refractivity contribution in [3.8, 4) is 27.9 Å². The minimum absolute atomic E-state index is 0.180. The van der Waals surface area contributed by atoms with Gasteiger partial charge in [-0.2, -0.15) is 18.3 Å². The normalized spacial score (nSPS) is 13.6. The first-order valence-electron chi connectivity index (χ1n) is 14.4. The predicted molar refractivity (Wildman–Crippen MR) is 166 cm³/mol. The van der Waals surface area contributed by atoms with Gasteiger partial charge in [-0.1, -0.05) is 36.4 Å². The van der Waals surface area contributed by atoms with Crippen LogP contribution in [-0.2, 0) is 17.4 Å². The number of nitrogens with one attached hydrogen (secondary N) is 2. The molecule has 1 aliphatic rings. The third-order valence-corrected chi connectivity index (χ3v) is 7.70. The summed E-state index contributed by atoms with van der Waals surface area (Å²) in [4.78, 5) is 19.5. The molecule has 0 atom stereocenters. The second-order valence-electron chi connectivity index (χ2n) is 10.8. The Morgan fingerprint density at radius 3 is 2.39 bits per heavy atom. The molecule has 0 unspecified atom stereocenters. The van der Waals surface area contributed by atoms with Gasteiger partial charge < -0.3 is 15.5 Å². The molecule has 10 heteroatoms.